The van der Waals surface area contributed by atoms with Crippen LogP contribution in [0.25, 0.3) is 0 Å². The van der Waals surface area contributed by atoms with Crippen LogP contribution in [-0.2, 0) is 4.79 Å². The van der Waals surface area contributed by atoms with Gasteiger partial charge in [0, 0.05) is 9.92 Å². The fourth-order valence-electron chi connectivity index (χ4n) is 1.82. The number of hydrazone groups is 1. The number of thioether (sulfide) groups is 1. The molecule has 0 aliphatic rings. The fourth-order valence-corrected chi connectivity index (χ4v) is 2.64. The molecular weight excluding hydrogens is 348 g/mol. The van der Waals surface area contributed by atoms with Gasteiger partial charge < -0.3 is 9.47 Å². The summed E-state index contributed by atoms with van der Waals surface area (Å²) in [6, 6.07) is 12.7. The van der Waals surface area contributed by atoms with Gasteiger partial charge in [0.25, 0.3) is 0 Å². The third kappa shape index (κ3) is 5.47. The molecular formula is C17H17ClN2O3S. The van der Waals surface area contributed by atoms with Crippen LogP contribution in [0, 0.1) is 0 Å². The lowest BCUT2D eigenvalue weighted by molar-refractivity contribution is -0.118. The van der Waals surface area contributed by atoms with Gasteiger partial charge in [-0.15, -0.1) is 11.8 Å². The SMILES string of the molecule is COc1ccc(C=NNC(=O)CSc2ccc(Cl)cc2)cc1OC. The number of benzene rings is 2. The highest BCUT2D eigenvalue weighted by Gasteiger charge is 2.04. The van der Waals surface area contributed by atoms with Crippen molar-refractivity contribution >= 4 is 35.5 Å². The van der Waals surface area contributed by atoms with Crippen LogP contribution in [0.4, 0.5) is 0 Å². The van der Waals surface area contributed by atoms with Crippen molar-refractivity contribution in [2.45, 2.75) is 4.90 Å². The first-order chi connectivity index (χ1) is 11.6. The highest BCUT2D eigenvalue weighted by Crippen LogP contribution is 2.26. The lowest BCUT2D eigenvalue weighted by Gasteiger charge is -2.07. The molecule has 0 heterocycles. The monoisotopic (exact) mass is 364 g/mol. The molecule has 2 aromatic rings. The van der Waals surface area contributed by atoms with Crippen molar-refractivity contribution in [1.82, 2.24) is 5.43 Å². The van der Waals surface area contributed by atoms with Gasteiger partial charge >= 0.3 is 0 Å². The van der Waals surface area contributed by atoms with Crippen LogP contribution < -0.4 is 14.9 Å². The molecule has 1 N–H and O–H groups in total. The van der Waals surface area contributed by atoms with Gasteiger partial charge in [-0.25, -0.2) is 5.43 Å². The minimum absolute atomic E-state index is 0.188. The molecule has 24 heavy (non-hydrogen) atoms. The van der Waals surface area contributed by atoms with Crippen molar-refractivity contribution in [1.29, 1.82) is 0 Å². The summed E-state index contributed by atoms with van der Waals surface area (Å²) in [6.07, 6.45) is 1.55. The Bertz CT molecular complexity index is 720. The van der Waals surface area contributed by atoms with Gasteiger partial charge in [0.1, 0.15) is 0 Å². The minimum Gasteiger partial charge on any atom is -0.493 e. The molecule has 1 amide bonds. The molecule has 0 spiro atoms. The molecule has 2 rings (SSSR count). The third-order valence-electron chi connectivity index (χ3n) is 2.99. The number of nitrogens with one attached hydrogen (secondary N) is 1. The Hall–Kier alpha value is -2.18. The number of carbonyl (C=O) groups is 1. The zero-order chi connectivity index (χ0) is 17.4. The van der Waals surface area contributed by atoms with E-state index in [0.29, 0.717) is 16.5 Å². The predicted octanol–water partition coefficient (Wildman–Crippen LogP) is 3.60. The number of nitrogens with zero attached hydrogens (tertiary/aromatic N) is 1. The lowest BCUT2D eigenvalue weighted by atomic mass is 10.2. The number of methoxy groups -OCH3 is 2. The average molecular weight is 365 g/mol. The van der Waals surface area contributed by atoms with Gasteiger partial charge in [0.05, 0.1) is 26.2 Å². The number of hydrogen-bond donors (Lipinski definition) is 1. The van der Waals surface area contributed by atoms with Crippen molar-refractivity contribution in [3.63, 3.8) is 0 Å². The number of amides is 1. The second-order valence-corrected chi connectivity index (χ2v) is 6.14. The summed E-state index contributed by atoms with van der Waals surface area (Å²) in [4.78, 5) is 12.8. The van der Waals surface area contributed by atoms with E-state index in [0.717, 1.165) is 10.5 Å². The smallest absolute Gasteiger partial charge is 0.250 e. The van der Waals surface area contributed by atoms with Crippen LogP contribution in [0.15, 0.2) is 52.5 Å². The largest absolute Gasteiger partial charge is 0.493 e. The topological polar surface area (TPSA) is 59.9 Å². The molecule has 0 radical (unpaired) electrons. The molecule has 0 atom stereocenters. The summed E-state index contributed by atoms with van der Waals surface area (Å²) in [5.74, 6) is 1.32. The number of ether oxygens (including phenoxy) is 2. The van der Waals surface area contributed by atoms with E-state index >= 15 is 0 Å². The predicted molar refractivity (Wildman–Crippen MR) is 97.5 cm³/mol. The second kappa shape index (κ2) is 9.20. The molecule has 5 nitrogen and oxygen atoms in total. The van der Waals surface area contributed by atoms with E-state index in [9.17, 15) is 4.79 Å². The van der Waals surface area contributed by atoms with Gasteiger partial charge in [0.2, 0.25) is 5.91 Å². The van der Waals surface area contributed by atoms with E-state index < -0.39 is 0 Å². The van der Waals surface area contributed by atoms with Gasteiger partial charge in [-0.3, -0.25) is 4.79 Å². The first-order valence-corrected chi connectivity index (χ1v) is 8.41. The van der Waals surface area contributed by atoms with Crippen LogP contribution in [0.3, 0.4) is 0 Å². The summed E-state index contributed by atoms with van der Waals surface area (Å²) >= 11 is 7.23. The molecule has 7 heteroatoms. The molecule has 2 aromatic carbocycles. The Morgan fingerprint density at radius 2 is 1.88 bits per heavy atom. The highest BCUT2D eigenvalue weighted by molar-refractivity contribution is 8.00. The summed E-state index contributed by atoms with van der Waals surface area (Å²) in [7, 11) is 3.14. The van der Waals surface area contributed by atoms with E-state index in [1.54, 1.807) is 44.7 Å². The van der Waals surface area contributed by atoms with Crippen molar-refractivity contribution in [3.05, 3.63) is 53.1 Å². The third-order valence-corrected chi connectivity index (χ3v) is 4.26. The van der Waals surface area contributed by atoms with Crippen LogP contribution in [0.5, 0.6) is 11.5 Å². The molecule has 0 saturated heterocycles. The maximum Gasteiger partial charge on any atom is 0.250 e. The molecule has 0 saturated carbocycles. The first kappa shape index (κ1) is 18.2. The average Bonchev–Trinajstić information content (AvgIpc) is 2.61. The Kier molecular flexibility index (Phi) is 6.96. The quantitative estimate of drug-likeness (QED) is 0.463. The molecule has 0 aliphatic heterocycles. The normalized spacial score (nSPS) is 10.6. The fraction of sp³-hybridized carbons (Fsp3) is 0.176. The lowest BCUT2D eigenvalue weighted by Crippen LogP contribution is -2.19. The van der Waals surface area contributed by atoms with Crippen LogP contribution in [0.1, 0.15) is 5.56 Å². The Morgan fingerprint density at radius 1 is 1.17 bits per heavy atom. The summed E-state index contributed by atoms with van der Waals surface area (Å²) in [5, 5.41) is 4.61. The van der Waals surface area contributed by atoms with E-state index in [-0.39, 0.29) is 11.7 Å². The zero-order valence-corrected chi connectivity index (χ0v) is 14.9. The van der Waals surface area contributed by atoms with E-state index in [4.69, 9.17) is 21.1 Å². The molecule has 0 unspecified atom stereocenters. The maximum atomic E-state index is 11.8. The van der Waals surface area contributed by atoms with Crippen LogP contribution in [0.2, 0.25) is 5.02 Å². The van der Waals surface area contributed by atoms with Gasteiger partial charge in [-0.1, -0.05) is 11.6 Å². The number of rotatable bonds is 7. The maximum absolute atomic E-state index is 11.8. The number of halogens is 1. The van der Waals surface area contributed by atoms with Crippen molar-refractivity contribution in [2.75, 3.05) is 20.0 Å². The highest BCUT2D eigenvalue weighted by atomic mass is 35.5. The van der Waals surface area contributed by atoms with Crippen LogP contribution >= 0.6 is 23.4 Å². The summed E-state index contributed by atoms with van der Waals surface area (Å²) < 4.78 is 10.4. The number of carbonyl (C=O) groups excluding carboxylic acids is 1. The Balaban J connectivity index is 1.84. The number of hydrogen-bond acceptors (Lipinski definition) is 5. The van der Waals surface area contributed by atoms with Gasteiger partial charge in [-0.2, -0.15) is 5.10 Å². The van der Waals surface area contributed by atoms with E-state index in [1.807, 2.05) is 18.2 Å². The van der Waals surface area contributed by atoms with Crippen molar-refractivity contribution in [3.8, 4) is 11.5 Å². The van der Waals surface area contributed by atoms with Crippen molar-refractivity contribution < 1.29 is 14.3 Å². The van der Waals surface area contributed by atoms with Gasteiger partial charge in [0.15, 0.2) is 11.5 Å². The molecule has 0 bridgehead atoms. The minimum atomic E-state index is -0.188. The molecule has 126 valence electrons. The zero-order valence-electron chi connectivity index (χ0n) is 13.3. The molecule has 0 fully saturated rings. The van der Waals surface area contributed by atoms with Crippen LogP contribution in [-0.4, -0.2) is 32.1 Å². The standard InChI is InChI=1S/C17H17ClN2O3S/c1-22-15-8-3-12(9-16(15)23-2)10-19-20-17(21)11-24-14-6-4-13(18)5-7-14/h3-10H,11H2,1-2H3,(H,20,21). The Morgan fingerprint density at radius 3 is 2.54 bits per heavy atom. The van der Waals surface area contributed by atoms with E-state index in [1.165, 1.54) is 11.8 Å². The van der Waals surface area contributed by atoms with Gasteiger partial charge in [-0.05, 0) is 48.0 Å². The Labute approximate surface area is 150 Å². The molecule has 0 aliphatic carbocycles. The summed E-state index contributed by atoms with van der Waals surface area (Å²) in [6.45, 7) is 0. The summed E-state index contributed by atoms with van der Waals surface area (Å²) in [5.41, 5.74) is 3.28. The first-order valence-electron chi connectivity index (χ1n) is 7.04. The second-order valence-electron chi connectivity index (χ2n) is 4.65. The molecule has 0 aromatic heterocycles. The van der Waals surface area contributed by atoms with E-state index in [2.05, 4.69) is 10.5 Å². The van der Waals surface area contributed by atoms with Crippen molar-refractivity contribution in [2.24, 2.45) is 5.10 Å².